The number of carbonyl (C=O) groups is 1. The first-order valence-electron chi connectivity index (χ1n) is 8.80. The summed E-state index contributed by atoms with van der Waals surface area (Å²) in [4.78, 5) is 24.0. The van der Waals surface area contributed by atoms with Crippen molar-refractivity contribution in [2.45, 2.75) is 25.0 Å². The fourth-order valence-corrected chi connectivity index (χ4v) is 4.10. The summed E-state index contributed by atoms with van der Waals surface area (Å²) in [6.07, 6.45) is 8.04. The summed E-state index contributed by atoms with van der Waals surface area (Å²) >= 11 is 0. The van der Waals surface area contributed by atoms with Crippen LogP contribution >= 0.6 is 0 Å². The highest BCUT2D eigenvalue weighted by Crippen LogP contribution is 2.34. The second-order valence-corrected chi connectivity index (χ2v) is 7.13. The van der Waals surface area contributed by atoms with Gasteiger partial charge in [0.05, 0.1) is 12.5 Å². The van der Waals surface area contributed by atoms with Crippen molar-refractivity contribution in [2.24, 2.45) is 0 Å². The third-order valence-corrected chi connectivity index (χ3v) is 5.46. The van der Waals surface area contributed by atoms with Crippen molar-refractivity contribution in [3.63, 3.8) is 0 Å². The quantitative estimate of drug-likeness (QED) is 0.846. The minimum atomic E-state index is -0.424. The van der Waals surface area contributed by atoms with Gasteiger partial charge in [0.15, 0.2) is 0 Å². The Balaban J connectivity index is 1.55. The lowest BCUT2D eigenvalue weighted by Gasteiger charge is -2.46. The van der Waals surface area contributed by atoms with E-state index >= 15 is 0 Å². The van der Waals surface area contributed by atoms with Gasteiger partial charge < -0.3 is 9.32 Å². The molecule has 4 rings (SSSR count). The van der Waals surface area contributed by atoms with Crippen LogP contribution in [0.2, 0.25) is 0 Å². The zero-order valence-corrected chi connectivity index (χ0v) is 14.6. The Morgan fingerprint density at radius 3 is 2.88 bits per heavy atom. The fraction of sp³-hybridized carbons (Fsp3) is 0.474. The summed E-state index contributed by atoms with van der Waals surface area (Å²) in [5.74, 6) is 0.248. The molecule has 6 nitrogen and oxygen atoms in total. The van der Waals surface area contributed by atoms with Crippen LogP contribution in [0.15, 0.2) is 47.5 Å². The number of carbonyl (C=O) groups excluding carboxylic acids is 1. The zero-order valence-electron chi connectivity index (χ0n) is 14.6. The van der Waals surface area contributed by atoms with Crippen molar-refractivity contribution in [2.75, 3.05) is 33.2 Å². The van der Waals surface area contributed by atoms with Crippen LogP contribution < -0.4 is 0 Å². The Kier molecular flexibility index (Phi) is 4.31. The lowest BCUT2D eigenvalue weighted by atomic mass is 9.91. The molecule has 0 saturated carbocycles. The highest BCUT2D eigenvalue weighted by molar-refractivity contribution is 5.87. The largest absolute Gasteiger partial charge is 0.472 e. The van der Waals surface area contributed by atoms with E-state index in [2.05, 4.69) is 20.9 Å². The molecule has 0 radical (unpaired) electrons. The van der Waals surface area contributed by atoms with E-state index in [4.69, 9.17) is 4.42 Å². The van der Waals surface area contributed by atoms with Gasteiger partial charge in [0.2, 0.25) is 5.91 Å². The molecule has 2 aromatic rings. The number of rotatable bonds is 4. The molecule has 1 unspecified atom stereocenters. The van der Waals surface area contributed by atoms with E-state index in [0.717, 1.165) is 56.8 Å². The van der Waals surface area contributed by atoms with Crippen LogP contribution in [0.5, 0.6) is 0 Å². The molecule has 0 aliphatic carbocycles. The van der Waals surface area contributed by atoms with E-state index in [1.54, 1.807) is 18.7 Å². The third kappa shape index (κ3) is 3.07. The highest BCUT2D eigenvalue weighted by atomic mass is 16.3. The Hall–Kier alpha value is -2.18. The molecular weight excluding hydrogens is 316 g/mol. The maximum absolute atomic E-state index is 13.1. The predicted molar refractivity (Wildman–Crippen MR) is 93.6 cm³/mol. The molecule has 2 fully saturated rings. The molecule has 2 aliphatic heterocycles. The molecule has 1 spiro atoms. The molecule has 132 valence electrons. The van der Waals surface area contributed by atoms with Crippen LogP contribution in [0.25, 0.3) is 0 Å². The van der Waals surface area contributed by atoms with Crippen LogP contribution in [-0.2, 0) is 17.9 Å². The number of hydrogen-bond donors (Lipinski definition) is 0. The first kappa shape index (κ1) is 16.3. The zero-order chi connectivity index (χ0) is 17.3. The van der Waals surface area contributed by atoms with Gasteiger partial charge in [-0.05, 0) is 24.1 Å². The molecule has 1 atom stereocenters. The Labute approximate surface area is 148 Å². The summed E-state index contributed by atoms with van der Waals surface area (Å²) in [6, 6.07) is 6.04. The Bertz CT molecular complexity index is 718. The number of likely N-dealkylation sites (tertiary alicyclic amines) is 1. The second kappa shape index (κ2) is 6.61. The van der Waals surface area contributed by atoms with Gasteiger partial charge in [-0.15, -0.1) is 0 Å². The van der Waals surface area contributed by atoms with E-state index in [0.29, 0.717) is 0 Å². The maximum atomic E-state index is 13.1. The van der Waals surface area contributed by atoms with E-state index in [9.17, 15) is 4.79 Å². The molecule has 1 amide bonds. The number of amides is 1. The number of hydrogen-bond acceptors (Lipinski definition) is 5. The molecule has 2 aromatic heterocycles. The molecule has 2 aliphatic rings. The average Bonchev–Trinajstić information content (AvgIpc) is 3.28. The molecule has 0 N–H and O–H groups in total. The molecule has 4 heterocycles. The summed E-state index contributed by atoms with van der Waals surface area (Å²) in [7, 11) is 1.92. The fourth-order valence-electron chi connectivity index (χ4n) is 4.10. The lowest BCUT2D eigenvalue weighted by molar-refractivity contribution is -0.149. The SMILES string of the molecule is CN1CCN(Cc2cccnc2)C2(CCN(Cc3ccoc3)C2)C1=O. The van der Waals surface area contributed by atoms with E-state index in [1.807, 2.05) is 30.3 Å². The van der Waals surface area contributed by atoms with Crippen molar-refractivity contribution in [1.82, 2.24) is 19.7 Å². The monoisotopic (exact) mass is 340 g/mol. The van der Waals surface area contributed by atoms with Crippen molar-refractivity contribution in [1.29, 1.82) is 0 Å². The lowest BCUT2D eigenvalue weighted by Crippen LogP contribution is -2.65. The average molecular weight is 340 g/mol. The van der Waals surface area contributed by atoms with E-state index in [1.165, 1.54) is 0 Å². The Morgan fingerprint density at radius 2 is 2.12 bits per heavy atom. The molecular formula is C19H24N4O2. The molecule has 0 aromatic carbocycles. The van der Waals surface area contributed by atoms with Crippen LogP contribution in [0.4, 0.5) is 0 Å². The number of furan rings is 1. The van der Waals surface area contributed by atoms with Crippen LogP contribution in [0, 0.1) is 0 Å². The van der Waals surface area contributed by atoms with Crippen LogP contribution in [0.3, 0.4) is 0 Å². The van der Waals surface area contributed by atoms with Gasteiger partial charge in [0.1, 0.15) is 5.54 Å². The number of nitrogens with zero attached hydrogens (tertiary/aromatic N) is 4. The first-order chi connectivity index (χ1) is 12.2. The van der Waals surface area contributed by atoms with Gasteiger partial charge in [-0.1, -0.05) is 6.07 Å². The standard InChI is InChI=1S/C19H24N4O2/c1-21-8-9-23(13-16-3-2-6-20-11-16)19(18(21)24)5-7-22(15-19)12-17-4-10-25-14-17/h2-4,6,10-11,14H,5,7-9,12-13,15H2,1H3. The van der Waals surface area contributed by atoms with Crippen molar-refractivity contribution >= 4 is 5.91 Å². The highest BCUT2D eigenvalue weighted by Gasteiger charge is 2.52. The van der Waals surface area contributed by atoms with Gasteiger partial charge in [-0.2, -0.15) is 0 Å². The second-order valence-electron chi connectivity index (χ2n) is 7.13. The predicted octanol–water partition coefficient (Wildman–Crippen LogP) is 1.59. The maximum Gasteiger partial charge on any atom is 0.244 e. The summed E-state index contributed by atoms with van der Waals surface area (Å²) in [5, 5.41) is 0. The van der Waals surface area contributed by atoms with Crippen LogP contribution in [0.1, 0.15) is 17.5 Å². The summed E-state index contributed by atoms with van der Waals surface area (Å²) < 4.78 is 5.18. The van der Waals surface area contributed by atoms with Gasteiger partial charge in [-0.3, -0.25) is 19.6 Å². The number of piperazine rings is 1. The van der Waals surface area contributed by atoms with Gasteiger partial charge >= 0.3 is 0 Å². The summed E-state index contributed by atoms with van der Waals surface area (Å²) in [6.45, 7) is 4.97. The number of likely N-dealkylation sites (N-methyl/N-ethyl adjacent to an activating group) is 1. The van der Waals surface area contributed by atoms with Gasteiger partial charge in [0.25, 0.3) is 0 Å². The van der Waals surface area contributed by atoms with Gasteiger partial charge in [-0.25, -0.2) is 0 Å². The summed E-state index contributed by atoms with van der Waals surface area (Å²) in [5.41, 5.74) is 1.90. The first-order valence-corrected chi connectivity index (χ1v) is 8.80. The third-order valence-electron chi connectivity index (χ3n) is 5.46. The molecule has 25 heavy (non-hydrogen) atoms. The van der Waals surface area contributed by atoms with E-state index in [-0.39, 0.29) is 5.91 Å². The normalized spacial score (nSPS) is 25.2. The molecule has 6 heteroatoms. The Morgan fingerprint density at radius 1 is 1.20 bits per heavy atom. The smallest absolute Gasteiger partial charge is 0.244 e. The molecule has 2 saturated heterocycles. The van der Waals surface area contributed by atoms with Crippen molar-refractivity contribution in [3.8, 4) is 0 Å². The van der Waals surface area contributed by atoms with Gasteiger partial charge in [0, 0.05) is 64.3 Å². The minimum absolute atomic E-state index is 0.248. The topological polar surface area (TPSA) is 52.8 Å². The molecule has 0 bridgehead atoms. The van der Waals surface area contributed by atoms with E-state index < -0.39 is 5.54 Å². The van der Waals surface area contributed by atoms with Crippen molar-refractivity contribution in [3.05, 3.63) is 54.2 Å². The van der Waals surface area contributed by atoms with Crippen LogP contribution in [-0.4, -0.2) is 64.4 Å². The van der Waals surface area contributed by atoms with Crippen molar-refractivity contribution < 1.29 is 9.21 Å². The minimum Gasteiger partial charge on any atom is -0.472 e. The number of aromatic nitrogens is 1. The number of pyridine rings is 1.